The van der Waals surface area contributed by atoms with Crippen LogP contribution in [0, 0.1) is 5.92 Å². The number of hydrogen-bond donors (Lipinski definition) is 0. The topological polar surface area (TPSA) is 88.8 Å². The number of carbonyl (C=O) groups is 3. The van der Waals surface area contributed by atoms with Gasteiger partial charge >= 0.3 is 0 Å². The Morgan fingerprint density at radius 2 is 1.28 bits per heavy atom. The quantitative estimate of drug-likeness (QED) is 0.115. The summed E-state index contributed by atoms with van der Waals surface area (Å²) in [6, 6.07) is 37.7. The van der Waals surface area contributed by atoms with E-state index in [1.54, 1.807) is 7.11 Å². The number of aromatic nitrogens is 2. The van der Waals surface area contributed by atoms with Gasteiger partial charge in [-0.25, -0.2) is 0 Å². The fraction of sp³-hybridized carbons (Fsp3) is 0.220. The molecule has 10 rings (SSSR count). The molecule has 3 aliphatic carbocycles. The van der Waals surface area contributed by atoms with E-state index in [0.29, 0.717) is 58.8 Å². The molecule has 2 heterocycles. The molecule has 1 unspecified atom stereocenters. The summed E-state index contributed by atoms with van der Waals surface area (Å²) < 4.78 is 22.7. The molecular weight excluding hydrogens is 725 g/mol. The zero-order valence-corrected chi connectivity index (χ0v) is 32.5. The van der Waals surface area contributed by atoms with Crippen LogP contribution in [0.5, 0.6) is 17.2 Å². The predicted octanol–water partition coefficient (Wildman–Crippen LogP) is 9.58. The van der Waals surface area contributed by atoms with Crippen LogP contribution >= 0.6 is 0 Å². The smallest absolute Gasteiger partial charge is 0.196 e. The van der Waals surface area contributed by atoms with E-state index in [2.05, 4.69) is 46.4 Å². The number of methoxy groups -OCH3 is 1. The summed E-state index contributed by atoms with van der Waals surface area (Å²) in [7, 11) is 1.67. The number of rotatable bonds is 12. The minimum Gasteiger partial charge on any atom is -0.497 e. The molecule has 0 saturated heterocycles. The van der Waals surface area contributed by atoms with Gasteiger partial charge < -0.3 is 23.3 Å². The number of Topliss-reactive ketones (excluding diaryl/α,β-unsaturated/α-hetero) is 1. The fourth-order valence-electron chi connectivity index (χ4n) is 9.40. The molecule has 0 fully saturated rings. The van der Waals surface area contributed by atoms with Crippen molar-refractivity contribution in [1.82, 2.24) is 9.13 Å². The number of carbonyl (C=O) groups excluding carboxylic acids is 3. The van der Waals surface area contributed by atoms with Gasteiger partial charge in [0.25, 0.3) is 0 Å². The molecule has 0 spiro atoms. The Bertz CT molecular complexity index is 2810. The maximum absolute atomic E-state index is 14.0. The minimum atomic E-state index is -0.0924. The molecule has 0 amide bonds. The van der Waals surface area contributed by atoms with Gasteiger partial charge in [-0.3, -0.25) is 14.4 Å². The lowest BCUT2D eigenvalue weighted by molar-refractivity contribution is 0.0941. The number of benzene rings is 5. The van der Waals surface area contributed by atoms with Crippen molar-refractivity contribution in [1.29, 1.82) is 0 Å². The summed E-state index contributed by atoms with van der Waals surface area (Å²) in [5.41, 5.74) is 10.9. The average Bonchev–Trinajstić information content (AvgIpc) is 3.94. The minimum absolute atomic E-state index is 0.00134. The third-order valence-corrected chi connectivity index (χ3v) is 12.0. The molecule has 8 nitrogen and oxygen atoms in total. The van der Waals surface area contributed by atoms with E-state index in [1.807, 2.05) is 84.9 Å². The maximum atomic E-state index is 14.0. The summed E-state index contributed by atoms with van der Waals surface area (Å²) in [5.74, 6) is 2.24. The van der Waals surface area contributed by atoms with Crippen molar-refractivity contribution in [2.45, 2.75) is 45.7 Å². The van der Waals surface area contributed by atoms with Crippen molar-refractivity contribution in [3.8, 4) is 39.8 Å². The number of ether oxygens (including phenoxy) is 3. The summed E-state index contributed by atoms with van der Waals surface area (Å²) in [6.45, 7) is 3.92. The van der Waals surface area contributed by atoms with Crippen LogP contribution in [0.3, 0.4) is 0 Å². The Morgan fingerprint density at radius 3 is 2.12 bits per heavy atom. The van der Waals surface area contributed by atoms with Gasteiger partial charge in [0, 0.05) is 47.5 Å². The number of aryl methyl sites for hydroxylation is 3. The van der Waals surface area contributed by atoms with E-state index >= 15 is 0 Å². The van der Waals surface area contributed by atoms with Crippen LogP contribution in [-0.4, -0.2) is 46.8 Å². The van der Waals surface area contributed by atoms with Gasteiger partial charge in [-0.15, -0.1) is 0 Å². The van der Waals surface area contributed by atoms with E-state index in [-0.39, 0.29) is 36.5 Å². The Balaban J connectivity index is 0.923. The van der Waals surface area contributed by atoms with Crippen molar-refractivity contribution >= 4 is 28.3 Å². The second kappa shape index (κ2) is 14.4. The molecule has 5 aromatic carbocycles. The van der Waals surface area contributed by atoms with Crippen LogP contribution in [0.25, 0.3) is 33.4 Å². The Labute approximate surface area is 336 Å². The highest BCUT2D eigenvalue weighted by molar-refractivity contribution is 6.29. The lowest BCUT2D eigenvalue weighted by atomic mass is 9.86. The molecule has 288 valence electrons. The van der Waals surface area contributed by atoms with Crippen molar-refractivity contribution in [2.75, 3.05) is 20.3 Å². The number of hydrogen-bond acceptors (Lipinski definition) is 6. The summed E-state index contributed by atoms with van der Waals surface area (Å²) in [6.07, 6.45) is 2.75. The third kappa shape index (κ3) is 5.85. The molecule has 0 saturated carbocycles. The lowest BCUT2D eigenvalue weighted by Crippen LogP contribution is -2.21. The highest BCUT2D eigenvalue weighted by Gasteiger charge is 2.41. The molecule has 0 N–H and O–H groups in total. The molecule has 58 heavy (non-hydrogen) atoms. The van der Waals surface area contributed by atoms with Gasteiger partial charge in [-0.05, 0) is 78.8 Å². The van der Waals surface area contributed by atoms with E-state index in [9.17, 15) is 14.4 Å². The van der Waals surface area contributed by atoms with Gasteiger partial charge in [0.15, 0.2) is 17.3 Å². The summed E-state index contributed by atoms with van der Waals surface area (Å²) >= 11 is 0. The maximum Gasteiger partial charge on any atom is 0.196 e. The van der Waals surface area contributed by atoms with E-state index < -0.39 is 0 Å². The molecule has 1 atom stereocenters. The molecule has 3 aliphatic rings. The molecule has 0 radical (unpaired) electrons. The Morgan fingerprint density at radius 1 is 0.586 bits per heavy atom. The Hall–Kier alpha value is -6.67. The molecule has 0 bridgehead atoms. The van der Waals surface area contributed by atoms with Crippen LogP contribution in [-0.2, 0) is 32.4 Å². The first-order valence-electron chi connectivity index (χ1n) is 20.1. The molecular formula is C50H42N2O6. The van der Waals surface area contributed by atoms with E-state index in [0.717, 1.165) is 69.7 Å². The zero-order chi connectivity index (χ0) is 39.5. The lowest BCUT2D eigenvalue weighted by Gasteiger charge is -2.22. The predicted molar refractivity (Wildman–Crippen MR) is 224 cm³/mol. The van der Waals surface area contributed by atoms with Crippen LogP contribution in [0.4, 0.5) is 0 Å². The third-order valence-electron chi connectivity index (χ3n) is 12.0. The van der Waals surface area contributed by atoms with Gasteiger partial charge in [-0.1, -0.05) is 79.7 Å². The zero-order valence-electron chi connectivity index (χ0n) is 32.5. The first kappa shape index (κ1) is 35.7. The van der Waals surface area contributed by atoms with Gasteiger partial charge in [0.05, 0.1) is 46.1 Å². The monoisotopic (exact) mass is 766 g/mol. The summed E-state index contributed by atoms with van der Waals surface area (Å²) in [5, 5.41) is 0.803. The highest BCUT2D eigenvalue weighted by Crippen LogP contribution is 2.47. The SMILES string of the molecule is COc1cccc(CCn2c3c(c4c(OCCOc5ccc6c(c5)-c5c(c7c(n5CCc5ccccc5)CC(C)CC7=O)C6=O)cccc42)C(=O)c2ccccc2-3)c1. The van der Waals surface area contributed by atoms with Crippen LogP contribution < -0.4 is 14.2 Å². The largest absolute Gasteiger partial charge is 0.497 e. The second-order valence-electron chi connectivity index (χ2n) is 15.6. The first-order chi connectivity index (χ1) is 28.4. The van der Waals surface area contributed by atoms with Crippen molar-refractivity contribution in [3.63, 3.8) is 0 Å². The Kier molecular flexibility index (Phi) is 8.85. The van der Waals surface area contributed by atoms with Crippen LogP contribution in [0.1, 0.15) is 72.4 Å². The molecule has 0 aliphatic heterocycles. The number of fused-ring (bicyclic) bond motifs is 10. The first-order valence-corrected chi connectivity index (χ1v) is 20.1. The van der Waals surface area contributed by atoms with Gasteiger partial charge in [0.1, 0.15) is 30.5 Å². The van der Waals surface area contributed by atoms with Crippen molar-refractivity contribution in [2.24, 2.45) is 5.92 Å². The van der Waals surface area contributed by atoms with Gasteiger partial charge in [-0.2, -0.15) is 0 Å². The van der Waals surface area contributed by atoms with Gasteiger partial charge in [0.2, 0.25) is 0 Å². The van der Waals surface area contributed by atoms with Crippen LogP contribution in [0.2, 0.25) is 0 Å². The highest BCUT2D eigenvalue weighted by atomic mass is 16.5. The standard InChI is InChI=1S/C50H42N2O6/c1-30-26-40-43(41(53)27-30)45-48(52(40)22-20-31-10-4-3-5-11-31)38-29-34(18-19-37(38)50(45)55)57-24-25-58-42-17-9-16-39-44(42)46-47(35-14-6-7-15-36(35)49(46)54)51(39)23-21-32-12-8-13-33(28-32)56-2/h3-19,28-30H,20-27H2,1-2H3. The molecule has 8 heteroatoms. The molecule has 2 aromatic heterocycles. The molecule has 7 aromatic rings. The van der Waals surface area contributed by atoms with Crippen LogP contribution in [0.15, 0.2) is 115 Å². The number of ketones is 3. The van der Waals surface area contributed by atoms with E-state index in [1.165, 1.54) is 5.56 Å². The number of nitrogens with zero attached hydrogens (tertiary/aromatic N) is 2. The van der Waals surface area contributed by atoms with Crippen molar-refractivity contribution in [3.05, 3.63) is 160 Å². The second-order valence-corrected chi connectivity index (χ2v) is 15.6. The fourth-order valence-corrected chi connectivity index (χ4v) is 9.40. The van der Waals surface area contributed by atoms with E-state index in [4.69, 9.17) is 14.2 Å². The summed E-state index contributed by atoms with van der Waals surface area (Å²) in [4.78, 5) is 41.5. The average molecular weight is 767 g/mol. The normalized spacial score (nSPS) is 14.9. The van der Waals surface area contributed by atoms with Crippen molar-refractivity contribution < 1.29 is 28.6 Å².